The van der Waals surface area contributed by atoms with Crippen molar-refractivity contribution in [1.82, 2.24) is 20.1 Å². The molecule has 0 unspecified atom stereocenters. The standard InChI is InChI=1S/C16H17N5OS/c1-12-4-2-5-13(8-12)10-21-11-18-15(20-21)19-16(23)17-9-14-6-3-7-22-14/h2-8,11H,9-10H2,1H3,(H2,17,19,20,23). The highest BCUT2D eigenvalue weighted by atomic mass is 32.1. The van der Waals surface area contributed by atoms with Crippen LogP contribution in [0.5, 0.6) is 0 Å². The van der Waals surface area contributed by atoms with Crippen molar-refractivity contribution >= 4 is 23.3 Å². The van der Waals surface area contributed by atoms with Crippen LogP contribution in [-0.4, -0.2) is 19.9 Å². The number of aryl methyl sites for hydroxylation is 1. The van der Waals surface area contributed by atoms with Crippen LogP contribution in [0.25, 0.3) is 0 Å². The highest BCUT2D eigenvalue weighted by Crippen LogP contribution is 2.06. The third kappa shape index (κ3) is 4.40. The van der Waals surface area contributed by atoms with Gasteiger partial charge in [0, 0.05) is 0 Å². The number of nitrogens with zero attached hydrogens (tertiary/aromatic N) is 3. The summed E-state index contributed by atoms with van der Waals surface area (Å²) in [6.07, 6.45) is 3.31. The Labute approximate surface area is 139 Å². The number of hydrogen-bond acceptors (Lipinski definition) is 4. The summed E-state index contributed by atoms with van der Waals surface area (Å²) in [6.45, 7) is 3.26. The topological polar surface area (TPSA) is 67.9 Å². The molecule has 2 N–H and O–H groups in total. The molecule has 0 fully saturated rings. The van der Waals surface area contributed by atoms with Crippen molar-refractivity contribution in [3.05, 3.63) is 65.9 Å². The monoisotopic (exact) mass is 327 g/mol. The van der Waals surface area contributed by atoms with Gasteiger partial charge in [-0.2, -0.15) is 0 Å². The molecular formula is C16H17N5OS. The highest BCUT2D eigenvalue weighted by Gasteiger charge is 2.05. The summed E-state index contributed by atoms with van der Waals surface area (Å²) in [4.78, 5) is 4.21. The molecule has 0 radical (unpaired) electrons. The molecule has 0 spiro atoms. The van der Waals surface area contributed by atoms with Crippen molar-refractivity contribution in [2.75, 3.05) is 5.32 Å². The van der Waals surface area contributed by atoms with Gasteiger partial charge in [0.25, 0.3) is 0 Å². The number of aromatic nitrogens is 3. The van der Waals surface area contributed by atoms with Crippen LogP contribution < -0.4 is 10.6 Å². The van der Waals surface area contributed by atoms with Crippen LogP contribution in [0.2, 0.25) is 0 Å². The van der Waals surface area contributed by atoms with E-state index >= 15 is 0 Å². The Balaban J connectivity index is 1.53. The first-order valence-corrected chi connectivity index (χ1v) is 7.62. The Hall–Kier alpha value is -2.67. The normalized spacial score (nSPS) is 10.5. The van der Waals surface area contributed by atoms with E-state index < -0.39 is 0 Å². The van der Waals surface area contributed by atoms with Crippen molar-refractivity contribution in [2.45, 2.75) is 20.0 Å². The van der Waals surface area contributed by atoms with Gasteiger partial charge in [-0.25, -0.2) is 9.67 Å². The van der Waals surface area contributed by atoms with Crippen LogP contribution in [0.3, 0.4) is 0 Å². The minimum Gasteiger partial charge on any atom is -0.467 e. The highest BCUT2D eigenvalue weighted by molar-refractivity contribution is 7.80. The molecule has 3 aromatic rings. The smallest absolute Gasteiger partial charge is 0.248 e. The molecule has 118 valence electrons. The van der Waals surface area contributed by atoms with E-state index in [4.69, 9.17) is 16.6 Å². The molecule has 23 heavy (non-hydrogen) atoms. The Morgan fingerprint density at radius 1 is 1.30 bits per heavy atom. The van der Waals surface area contributed by atoms with Gasteiger partial charge in [0.1, 0.15) is 12.1 Å². The Morgan fingerprint density at radius 3 is 3.00 bits per heavy atom. The molecular weight excluding hydrogens is 310 g/mol. The van der Waals surface area contributed by atoms with Crippen LogP contribution in [0.1, 0.15) is 16.9 Å². The molecule has 1 aromatic carbocycles. The van der Waals surface area contributed by atoms with Crippen LogP contribution >= 0.6 is 12.2 Å². The van der Waals surface area contributed by atoms with Crippen molar-refractivity contribution < 1.29 is 4.42 Å². The number of anilines is 1. The lowest BCUT2D eigenvalue weighted by molar-refractivity contribution is 0.503. The average Bonchev–Trinajstić information content (AvgIpc) is 3.17. The zero-order valence-corrected chi connectivity index (χ0v) is 13.5. The molecule has 0 atom stereocenters. The maximum Gasteiger partial charge on any atom is 0.248 e. The molecule has 0 saturated carbocycles. The molecule has 6 nitrogen and oxygen atoms in total. The van der Waals surface area contributed by atoms with E-state index in [1.54, 1.807) is 17.3 Å². The van der Waals surface area contributed by atoms with E-state index in [0.717, 1.165) is 5.76 Å². The van der Waals surface area contributed by atoms with E-state index in [-0.39, 0.29) is 0 Å². The zero-order chi connectivity index (χ0) is 16.1. The molecule has 0 aliphatic rings. The second-order valence-electron chi connectivity index (χ2n) is 5.14. The number of thiocarbonyl (C=S) groups is 1. The SMILES string of the molecule is Cc1cccc(Cn2cnc(NC(=S)NCc3ccco3)n2)c1. The molecule has 3 rings (SSSR count). The van der Waals surface area contributed by atoms with E-state index in [2.05, 4.69) is 45.8 Å². The molecule has 0 aliphatic carbocycles. The maximum atomic E-state index is 5.23. The third-order valence-electron chi connectivity index (χ3n) is 3.19. The summed E-state index contributed by atoms with van der Waals surface area (Å²) in [5.74, 6) is 1.28. The molecule has 0 saturated heterocycles. The number of hydrogen-bond donors (Lipinski definition) is 2. The predicted octanol–water partition coefficient (Wildman–Crippen LogP) is 2.71. The van der Waals surface area contributed by atoms with E-state index in [1.165, 1.54) is 11.1 Å². The van der Waals surface area contributed by atoms with Gasteiger partial charge < -0.3 is 9.73 Å². The first kappa shape index (κ1) is 15.2. The second kappa shape index (κ2) is 7.06. The fourth-order valence-electron chi connectivity index (χ4n) is 2.15. The van der Waals surface area contributed by atoms with Gasteiger partial charge in [-0.3, -0.25) is 5.32 Å². The quantitative estimate of drug-likeness (QED) is 0.702. The van der Waals surface area contributed by atoms with Crippen molar-refractivity contribution in [3.8, 4) is 0 Å². The minimum atomic E-state index is 0.453. The number of benzene rings is 1. The molecule has 0 aliphatic heterocycles. The van der Waals surface area contributed by atoms with Crippen molar-refractivity contribution in [1.29, 1.82) is 0 Å². The lowest BCUT2D eigenvalue weighted by Gasteiger charge is -2.06. The predicted molar refractivity (Wildman–Crippen MR) is 92.1 cm³/mol. The van der Waals surface area contributed by atoms with Gasteiger partial charge >= 0.3 is 0 Å². The Morgan fingerprint density at radius 2 is 2.22 bits per heavy atom. The van der Waals surface area contributed by atoms with Crippen molar-refractivity contribution in [3.63, 3.8) is 0 Å². The maximum absolute atomic E-state index is 5.23. The van der Waals surface area contributed by atoms with E-state index in [1.807, 2.05) is 18.2 Å². The molecule has 0 bridgehead atoms. The Kier molecular flexibility index (Phi) is 4.68. The summed E-state index contributed by atoms with van der Waals surface area (Å²) in [6, 6.07) is 12.0. The van der Waals surface area contributed by atoms with Crippen LogP contribution in [0.15, 0.2) is 53.4 Å². The fraction of sp³-hybridized carbons (Fsp3) is 0.188. The Bertz CT molecular complexity index is 781. The average molecular weight is 327 g/mol. The molecule has 7 heteroatoms. The van der Waals surface area contributed by atoms with Crippen LogP contribution in [0, 0.1) is 6.92 Å². The number of furan rings is 1. The number of nitrogens with one attached hydrogen (secondary N) is 2. The fourth-order valence-corrected chi connectivity index (χ4v) is 2.32. The summed E-state index contributed by atoms with van der Waals surface area (Å²) < 4.78 is 7.00. The summed E-state index contributed by atoms with van der Waals surface area (Å²) in [5, 5.41) is 10.8. The largest absolute Gasteiger partial charge is 0.467 e. The van der Waals surface area contributed by atoms with Crippen molar-refractivity contribution in [2.24, 2.45) is 0 Å². The minimum absolute atomic E-state index is 0.453. The number of rotatable bonds is 5. The van der Waals surface area contributed by atoms with Crippen LogP contribution in [-0.2, 0) is 13.1 Å². The van der Waals surface area contributed by atoms with Gasteiger partial charge in [-0.1, -0.05) is 29.8 Å². The van der Waals surface area contributed by atoms with Gasteiger partial charge in [0.15, 0.2) is 5.11 Å². The first-order chi connectivity index (χ1) is 11.2. The first-order valence-electron chi connectivity index (χ1n) is 7.21. The third-order valence-corrected chi connectivity index (χ3v) is 3.44. The van der Waals surface area contributed by atoms with E-state index in [0.29, 0.717) is 24.2 Å². The molecule has 2 aromatic heterocycles. The molecule has 0 amide bonds. The van der Waals surface area contributed by atoms with Crippen LogP contribution in [0.4, 0.5) is 5.95 Å². The summed E-state index contributed by atoms with van der Waals surface area (Å²) in [5.41, 5.74) is 2.41. The molecule has 2 heterocycles. The zero-order valence-electron chi connectivity index (χ0n) is 12.7. The van der Waals surface area contributed by atoms with E-state index in [9.17, 15) is 0 Å². The lowest BCUT2D eigenvalue weighted by atomic mass is 10.1. The van der Waals surface area contributed by atoms with Gasteiger partial charge in [-0.15, -0.1) is 5.10 Å². The lowest BCUT2D eigenvalue weighted by Crippen LogP contribution is -2.28. The summed E-state index contributed by atoms with van der Waals surface area (Å²) >= 11 is 5.21. The summed E-state index contributed by atoms with van der Waals surface area (Å²) in [7, 11) is 0. The van der Waals surface area contributed by atoms with Gasteiger partial charge in [-0.05, 0) is 36.8 Å². The second-order valence-corrected chi connectivity index (χ2v) is 5.55. The van der Waals surface area contributed by atoms with Gasteiger partial charge in [0.05, 0.1) is 19.4 Å². The van der Waals surface area contributed by atoms with Gasteiger partial charge in [0.2, 0.25) is 5.95 Å².